The van der Waals surface area contributed by atoms with Gasteiger partial charge in [-0.05, 0) is 12.0 Å². The molecule has 1 aromatic carbocycles. The third-order valence-electron chi connectivity index (χ3n) is 3.61. The Morgan fingerprint density at radius 3 is 2.13 bits per heavy atom. The van der Waals surface area contributed by atoms with Gasteiger partial charge in [-0.15, -0.1) is 0 Å². The number of rotatable bonds is 1. The lowest BCUT2D eigenvalue weighted by molar-refractivity contribution is -0.124. The molecule has 1 aliphatic carbocycles. The van der Waals surface area contributed by atoms with Crippen molar-refractivity contribution in [1.29, 1.82) is 0 Å². The molecule has 0 saturated heterocycles. The molecule has 0 N–H and O–H groups in total. The molecular weight excluding hydrogens is 184 g/mol. The van der Waals surface area contributed by atoms with E-state index < -0.39 is 0 Å². The van der Waals surface area contributed by atoms with E-state index in [1.54, 1.807) is 0 Å². The first-order valence-corrected chi connectivity index (χ1v) is 5.53. The van der Waals surface area contributed by atoms with Crippen molar-refractivity contribution in [1.82, 2.24) is 0 Å². The minimum atomic E-state index is -0.148. The molecule has 0 aromatic heterocycles. The van der Waals surface area contributed by atoms with Crippen molar-refractivity contribution in [2.24, 2.45) is 5.41 Å². The van der Waals surface area contributed by atoms with E-state index in [0.717, 1.165) is 6.42 Å². The van der Waals surface area contributed by atoms with Crippen LogP contribution in [-0.4, -0.2) is 5.78 Å². The molecule has 1 atom stereocenters. The smallest absolute Gasteiger partial charge is 0.139 e. The second-order valence-electron chi connectivity index (χ2n) is 5.59. The Hall–Kier alpha value is -1.11. The van der Waals surface area contributed by atoms with Gasteiger partial charge < -0.3 is 0 Å². The lowest BCUT2D eigenvalue weighted by Gasteiger charge is -2.25. The number of hydrogen-bond acceptors (Lipinski definition) is 1. The van der Waals surface area contributed by atoms with Gasteiger partial charge in [0, 0.05) is 17.3 Å². The molecule has 1 nitrogen and oxygen atoms in total. The van der Waals surface area contributed by atoms with Crippen molar-refractivity contribution >= 4 is 5.78 Å². The molecule has 0 spiro atoms. The van der Waals surface area contributed by atoms with Crippen molar-refractivity contribution in [2.75, 3.05) is 0 Å². The molecule has 1 aromatic rings. The highest BCUT2D eigenvalue weighted by atomic mass is 16.1. The van der Waals surface area contributed by atoms with Crippen LogP contribution in [0.2, 0.25) is 0 Å². The fraction of sp³-hybridized carbons (Fsp3) is 0.500. The summed E-state index contributed by atoms with van der Waals surface area (Å²) in [5, 5.41) is 0. The van der Waals surface area contributed by atoms with Gasteiger partial charge in [0.15, 0.2) is 0 Å². The Balaban J connectivity index is 2.36. The Bertz CT molecular complexity index is 378. The average Bonchev–Trinajstić information content (AvgIpc) is 2.38. The van der Waals surface area contributed by atoms with Gasteiger partial charge in [-0.1, -0.05) is 51.1 Å². The highest BCUT2D eigenvalue weighted by Crippen LogP contribution is 2.47. The molecule has 0 radical (unpaired) electrons. The Morgan fingerprint density at radius 1 is 1.07 bits per heavy atom. The maximum absolute atomic E-state index is 11.9. The molecule has 1 aliphatic rings. The quantitative estimate of drug-likeness (QED) is 0.682. The van der Waals surface area contributed by atoms with Gasteiger partial charge >= 0.3 is 0 Å². The topological polar surface area (TPSA) is 17.1 Å². The van der Waals surface area contributed by atoms with Crippen molar-refractivity contribution in [3.63, 3.8) is 0 Å². The molecule has 0 aliphatic heterocycles. The van der Waals surface area contributed by atoms with E-state index in [1.165, 1.54) is 5.56 Å². The molecule has 15 heavy (non-hydrogen) atoms. The van der Waals surface area contributed by atoms with Crippen LogP contribution >= 0.6 is 0 Å². The van der Waals surface area contributed by atoms with Crippen molar-refractivity contribution in [3.8, 4) is 0 Å². The van der Waals surface area contributed by atoms with Crippen LogP contribution in [0.5, 0.6) is 0 Å². The van der Waals surface area contributed by atoms with Gasteiger partial charge in [-0.2, -0.15) is 0 Å². The van der Waals surface area contributed by atoms with Crippen LogP contribution in [-0.2, 0) is 10.2 Å². The second kappa shape index (κ2) is 3.19. The van der Waals surface area contributed by atoms with Crippen LogP contribution in [0.15, 0.2) is 30.3 Å². The number of carbonyl (C=O) groups excluding carboxylic acids is 1. The number of ketones is 1. The van der Waals surface area contributed by atoms with Gasteiger partial charge in [0.05, 0.1) is 0 Å². The van der Waals surface area contributed by atoms with Crippen LogP contribution < -0.4 is 0 Å². The van der Waals surface area contributed by atoms with E-state index in [-0.39, 0.29) is 10.8 Å². The predicted molar refractivity (Wildman–Crippen MR) is 61.8 cm³/mol. The Labute approximate surface area is 91.5 Å². The molecule has 1 saturated carbocycles. The zero-order chi connectivity index (χ0) is 11.1. The van der Waals surface area contributed by atoms with E-state index in [0.29, 0.717) is 12.2 Å². The van der Waals surface area contributed by atoms with Crippen LogP contribution in [0.3, 0.4) is 0 Å². The summed E-state index contributed by atoms with van der Waals surface area (Å²) in [6, 6.07) is 10.4. The standard InChI is InChI=1S/C14H18O/c1-13(2)10-14(3,9-12(13)15)11-7-5-4-6-8-11/h4-8H,9-10H2,1-3H3. The van der Waals surface area contributed by atoms with Crippen molar-refractivity contribution in [2.45, 2.75) is 39.0 Å². The number of hydrogen-bond donors (Lipinski definition) is 0. The van der Waals surface area contributed by atoms with Crippen LogP contribution in [0.4, 0.5) is 0 Å². The monoisotopic (exact) mass is 202 g/mol. The van der Waals surface area contributed by atoms with Gasteiger partial charge in [0.25, 0.3) is 0 Å². The minimum Gasteiger partial charge on any atom is -0.299 e. The number of carbonyl (C=O) groups is 1. The first-order chi connectivity index (χ1) is 6.94. The molecule has 2 rings (SSSR count). The number of Topliss-reactive ketones (excluding diaryl/α,β-unsaturated/α-hetero) is 1. The summed E-state index contributed by atoms with van der Waals surface area (Å²) in [7, 11) is 0. The summed E-state index contributed by atoms with van der Waals surface area (Å²) >= 11 is 0. The van der Waals surface area contributed by atoms with Crippen molar-refractivity contribution in [3.05, 3.63) is 35.9 Å². The van der Waals surface area contributed by atoms with Gasteiger partial charge in [0.2, 0.25) is 0 Å². The molecule has 80 valence electrons. The van der Waals surface area contributed by atoms with E-state index >= 15 is 0 Å². The van der Waals surface area contributed by atoms with E-state index in [9.17, 15) is 4.79 Å². The highest BCUT2D eigenvalue weighted by Gasteiger charge is 2.46. The maximum Gasteiger partial charge on any atom is 0.139 e. The number of benzene rings is 1. The van der Waals surface area contributed by atoms with Crippen LogP contribution in [0, 0.1) is 5.41 Å². The van der Waals surface area contributed by atoms with E-state index in [1.807, 2.05) is 6.07 Å². The summed E-state index contributed by atoms with van der Waals surface area (Å²) in [6.07, 6.45) is 1.65. The molecule has 0 heterocycles. The fourth-order valence-electron chi connectivity index (χ4n) is 2.77. The SMILES string of the molecule is CC1(C)CC(C)(c2ccccc2)CC1=O. The van der Waals surface area contributed by atoms with Gasteiger partial charge in [0.1, 0.15) is 5.78 Å². The van der Waals surface area contributed by atoms with Gasteiger partial charge in [-0.3, -0.25) is 4.79 Å². The van der Waals surface area contributed by atoms with Crippen LogP contribution in [0.25, 0.3) is 0 Å². The fourth-order valence-corrected chi connectivity index (χ4v) is 2.77. The molecule has 0 bridgehead atoms. The first kappa shape index (κ1) is 10.4. The zero-order valence-electron chi connectivity index (χ0n) is 9.71. The zero-order valence-corrected chi connectivity index (χ0v) is 9.71. The second-order valence-corrected chi connectivity index (χ2v) is 5.59. The normalized spacial score (nSPS) is 29.4. The largest absolute Gasteiger partial charge is 0.299 e. The predicted octanol–water partition coefficient (Wildman–Crippen LogP) is 3.33. The van der Waals surface area contributed by atoms with Crippen LogP contribution in [0.1, 0.15) is 39.2 Å². The molecule has 1 fully saturated rings. The maximum atomic E-state index is 11.9. The lowest BCUT2D eigenvalue weighted by Crippen LogP contribution is -2.19. The lowest BCUT2D eigenvalue weighted by atomic mass is 9.78. The summed E-state index contributed by atoms with van der Waals surface area (Å²) in [5.74, 6) is 0.397. The summed E-state index contributed by atoms with van der Waals surface area (Å²) < 4.78 is 0. The van der Waals surface area contributed by atoms with E-state index in [4.69, 9.17) is 0 Å². The molecule has 0 amide bonds. The summed E-state index contributed by atoms with van der Waals surface area (Å²) in [4.78, 5) is 11.9. The summed E-state index contributed by atoms with van der Waals surface area (Å²) in [6.45, 7) is 6.32. The third kappa shape index (κ3) is 1.71. The highest BCUT2D eigenvalue weighted by molar-refractivity contribution is 5.88. The minimum absolute atomic E-state index is 0.0435. The summed E-state index contributed by atoms with van der Waals surface area (Å²) in [5.41, 5.74) is 1.19. The molecule has 1 heteroatoms. The molecule has 1 unspecified atom stereocenters. The Morgan fingerprint density at radius 2 is 1.67 bits per heavy atom. The Kier molecular flexibility index (Phi) is 2.22. The first-order valence-electron chi connectivity index (χ1n) is 5.53. The van der Waals surface area contributed by atoms with Gasteiger partial charge in [-0.25, -0.2) is 0 Å². The molecular formula is C14H18O. The third-order valence-corrected chi connectivity index (χ3v) is 3.61. The average molecular weight is 202 g/mol. The van der Waals surface area contributed by atoms with Crippen molar-refractivity contribution < 1.29 is 4.79 Å². The van der Waals surface area contributed by atoms with E-state index in [2.05, 4.69) is 45.0 Å².